The average Bonchev–Trinajstić information content (AvgIpc) is 2.69. The Morgan fingerprint density at radius 2 is 1.34 bits per heavy atom. The fraction of sp³-hybridized carbons (Fsp3) is 0.300. The Morgan fingerprint density at radius 1 is 0.897 bits per heavy atom. The van der Waals surface area contributed by atoms with Crippen molar-refractivity contribution in [3.05, 3.63) is 70.8 Å². The molecule has 3 nitrogen and oxygen atoms in total. The second-order valence-electron chi connectivity index (χ2n) is 5.29. The Kier molecular flexibility index (Phi) is 10.9. The second-order valence-corrected chi connectivity index (χ2v) is 5.29. The van der Waals surface area contributed by atoms with Crippen molar-refractivity contribution in [1.82, 2.24) is 5.32 Å². The van der Waals surface area contributed by atoms with Crippen LogP contribution in [0.15, 0.2) is 48.5 Å². The van der Waals surface area contributed by atoms with Crippen LogP contribution in [0.25, 0.3) is 0 Å². The van der Waals surface area contributed by atoms with Gasteiger partial charge in [-0.3, -0.25) is 9.59 Å². The zero-order valence-corrected chi connectivity index (χ0v) is 16.0. The molecule has 160 valence electrons. The van der Waals surface area contributed by atoms with Crippen LogP contribution in [0.3, 0.4) is 0 Å². The van der Waals surface area contributed by atoms with Crippen molar-refractivity contribution in [3.63, 3.8) is 0 Å². The van der Waals surface area contributed by atoms with Gasteiger partial charge < -0.3 is 5.32 Å². The Morgan fingerprint density at radius 3 is 1.69 bits per heavy atom. The number of halogens is 6. The van der Waals surface area contributed by atoms with Gasteiger partial charge in [0.25, 0.3) is 0 Å². The van der Waals surface area contributed by atoms with E-state index in [4.69, 9.17) is 0 Å². The summed E-state index contributed by atoms with van der Waals surface area (Å²) in [5.74, 6) is -0.472. The predicted molar refractivity (Wildman–Crippen MR) is 97.4 cm³/mol. The summed E-state index contributed by atoms with van der Waals surface area (Å²) in [5, 5.41) is 2.51. The minimum atomic E-state index is -4.79. The van der Waals surface area contributed by atoms with Gasteiger partial charge in [0.2, 0.25) is 5.78 Å². The average molecular weight is 421 g/mol. The van der Waals surface area contributed by atoms with E-state index in [1.54, 1.807) is 30.3 Å². The van der Waals surface area contributed by atoms with Crippen LogP contribution in [-0.4, -0.2) is 19.1 Å². The van der Waals surface area contributed by atoms with Gasteiger partial charge in [0.1, 0.15) is 0 Å². The van der Waals surface area contributed by atoms with Crippen molar-refractivity contribution in [2.45, 2.75) is 32.7 Å². The zero-order valence-electron chi connectivity index (χ0n) is 16.0. The molecule has 0 fully saturated rings. The quantitative estimate of drug-likeness (QED) is 0.305. The van der Waals surface area contributed by atoms with Gasteiger partial charge in [-0.15, -0.1) is 0 Å². The monoisotopic (exact) mass is 421 g/mol. The van der Waals surface area contributed by atoms with Gasteiger partial charge in [0, 0.05) is 12.1 Å². The summed E-state index contributed by atoms with van der Waals surface area (Å²) in [4.78, 5) is 20.6. The maximum atomic E-state index is 12.4. The van der Waals surface area contributed by atoms with Gasteiger partial charge in [-0.05, 0) is 30.8 Å². The van der Waals surface area contributed by atoms with Gasteiger partial charge in [0.05, 0.1) is 11.1 Å². The van der Waals surface area contributed by atoms with Crippen molar-refractivity contribution >= 4 is 12.1 Å². The molecule has 0 spiro atoms. The molecule has 0 heterocycles. The largest absolute Gasteiger partial charge is 0.416 e. The van der Waals surface area contributed by atoms with Gasteiger partial charge in [-0.25, -0.2) is 0 Å². The van der Waals surface area contributed by atoms with Crippen LogP contribution in [0.2, 0.25) is 0 Å². The molecule has 9 heteroatoms. The molecule has 0 bridgehead atoms. The van der Waals surface area contributed by atoms with E-state index in [0.717, 1.165) is 0 Å². The van der Waals surface area contributed by atoms with Crippen molar-refractivity contribution in [2.75, 3.05) is 7.05 Å². The van der Waals surface area contributed by atoms with E-state index >= 15 is 0 Å². The summed E-state index contributed by atoms with van der Waals surface area (Å²) >= 11 is 0. The van der Waals surface area contributed by atoms with Crippen LogP contribution >= 0.6 is 0 Å². The van der Waals surface area contributed by atoms with Crippen LogP contribution < -0.4 is 5.32 Å². The molecule has 1 N–H and O–H groups in total. The lowest BCUT2D eigenvalue weighted by Crippen LogP contribution is -2.14. The highest BCUT2D eigenvalue weighted by Gasteiger charge is 2.36. The normalized spacial score (nSPS) is 10.8. The molecule has 29 heavy (non-hydrogen) atoms. The van der Waals surface area contributed by atoms with Gasteiger partial charge in [-0.1, -0.05) is 44.2 Å². The van der Waals surface area contributed by atoms with E-state index in [0.29, 0.717) is 24.0 Å². The number of hydrogen-bond acceptors (Lipinski definition) is 3. The van der Waals surface area contributed by atoms with Crippen LogP contribution in [0.1, 0.15) is 40.9 Å². The fourth-order valence-electron chi connectivity index (χ4n) is 2.00. The molecule has 0 amide bonds. The molecule has 0 aliphatic carbocycles. The summed E-state index contributed by atoms with van der Waals surface area (Å²) < 4.78 is 74.3. The molecule has 2 aromatic rings. The Hall–Kier alpha value is -2.68. The fourth-order valence-corrected chi connectivity index (χ4v) is 2.00. The third-order valence-electron chi connectivity index (χ3n) is 3.19. The van der Waals surface area contributed by atoms with E-state index < -0.39 is 29.3 Å². The number of hydrogen-bond donors (Lipinski definition) is 1. The molecule has 0 unspecified atom stereocenters. The number of rotatable bonds is 4. The van der Waals surface area contributed by atoms with E-state index in [2.05, 4.69) is 5.32 Å². The highest BCUT2D eigenvalue weighted by Crippen LogP contribution is 2.36. The summed E-state index contributed by atoms with van der Waals surface area (Å²) in [6, 6.07) is 9.96. The molecule has 0 aliphatic heterocycles. The molecule has 0 saturated carbocycles. The van der Waals surface area contributed by atoms with E-state index in [1.807, 2.05) is 13.8 Å². The summed E-state index contributed by atoms with van der Waals surface area (Å²) in [6.07, 6.45) is -9.26. The first-order valence-electron chi connectivity index (χ1n) is 8.46. The highest BCUT2D eigenvalue weighted by atomic mass is 19.4. The Bertz CT molecular complexity index is 739. The molecule has 0 aromatic heterocycles. The molecule has 2 rings (SSSR count). The number of aldehydes is 1. The predicted octanol–water partition coefficient (Wildman–Crippen LogP) is 5.54. The topological polar surface area (TPSA) is 46.2 Å². The lowest BCUT2D eigenvalue weighted by Gasteiger charge is -2.13. The minimum Gasteiger partial charge on any atom is -0.316 e. The number of ketones is 1. The van der Waals surface area contributed by atoms with Gasteiger partial charge in [-0.2, -0.15) is 26.3 Å². The molecular weight excluding hydrogens is 400 g/mol. The van der Waals surface area contributed by atoms with Gasteiger partial charge >= 0.3 is 12.4 Å². The van der Waals surface area contributed by atoms with Gasteiger partial charge in [0.15, 0.2) is 6.29 Å². The van der Waals surface area contributed by atoms with Crippen molar-refractivity contribution < 1.29 is 35.9 Å². The first-order valence-corrected chi connectivity index (χ1v) is 8.46. The number of alkyl halides is 6. The van der Waals surface area contributed by atoms with Crippen LogP contribution in [0.5, 0.6) is 0 Å². The number of carbonyl (C=O) groups excluding carboxylic acids is 2. The van der Waals surface area contributed by atoms with E-state index in [1.165, 1.54) is 7.05 Å². The number of Topliss-reactive ketones (excluding diaryl/α,β-unsaturated/α-hetero) is 1. The maximum Gasteiger partial charge on any atom is 0.416 e. The third kappa shape index (κ3) is 9.38. The zero-order chi connectivity index (χ0) is 22.7. The summed E-state index contributed by atoms with van der Waals surface area (Å²) in [7, 11) is 1.44. The van der Waals surface area contributed by atoms with Crippen LogP contribution in [0.4, 0.5) is 26.3 Å². The SMILES string of the molecule is CC.CNCc1cc(C(F)(F)F)cc(C(F)(F)F)c1.O=CC(=O)c1ccccc1. The highest BCUT2D eigenvalue weighted by molar-refractivity contribution is 6.33. The first-order chi connectivity index (χ1) is 13.5. The Balaban J connectivity index is 0.000000554. The molecule has 0 atom stereocenters. The third-order valence-corrected chi connectivity index (χ3v) is 3.19. The molecule has 2 aromatic carbocycles. The number of carbonyl (C=O) groups is 2. The van der Waals surface area contributed by atoms with E-state index in [9.17, 15) is 35.9 Å². The minimum absolute atomic E-state index is 0.0605. The standard InChI is InChI=1S/C10H9F6N.C8H6O2.C2H6/c1-17-5-6-2-7(9(11,12)13)4-8(3-6)10(14,15)16;9-6-8(10)7-4-2-1-3-5-7;1-2/h2-4,17H,5H2,1H3;1-6H;1-2H3. The number of nitrogens with one attached hydrogen (secondary N) is 1. The molecule has 0 saturated heterocycles. The maximum absolute atomic E-state index is 12.4. The van der Waals surface area contributed by atoms with Crippen molar-refractivity contribution in [3.8, 4) is 0 Å². The van der Waals surface area contributed by atoms with Crippen LogP contribution in [-0.2, 0) is 23.7 Å². The van der Waals surface area contributed by atoms with Crippen molar-refractivity contribution in [2.24, 2.45) is 0 Å². The summed E-state index contributed by atoms with van der Waals surface area (Å²) in [5.41, 5.74) is -2.21. The lowest BCUT2D eigenvalue weighted by molar-refractivity contribution is -0.143. The summed E-state index contributed by atoms with van der Waals surface area (Å²) in [6.45, 7) is 3.94. The molecule has 0 aliphatic rings. The molecule has 0 radical (unpaired) electrons. The Labute approximate surface area is 164 Å². The lowest BCUT2D eigenvalue weighted by atomic mass is 10.0. The van der Waals surface area contributed by atoms with E-state index in [-0.39, 0.29) is 18.2 Å². The van der Waals surface area contributed by atoms with Crippen LogP contribution in [0, 0.1) is 0 Å². The first kappa shape index (κ1) is 26.3. The smallest absolute Gasteiger partial charge is 0.316 e. The number of benzene rings is 2. The second kappa shape index (κ2) is 12.0. The molecular formula is C20H21F6NO2. The van der Waals surface area contributed by atoms with Crippen molar-refractivity contribution in [1.29, 1.82) is 0 Å².